The number of nitrogens with zero attached hydrogens (tertiary/aromatic N) is 2. The number of benzene rings is 3. The molecule has 1 atom stereocenters. The van der Waals surface area contributed by atoms with E-state index in [9.17, 15) is 53.5 Å². The van der Waals surface area contributed by atoms with Crippen LogP contribution in [0.25, 0.3) is 4.91 Å². The van der Waals surface area contributed by atoms with Gasteiger partial charge in [-0.25, -0.2) is 21.6 Å². The fraction of sp³-hybridized carbons (Fsp3) is 0.0870. The van der Waals surface area contributed by atoms with Gasteiger partial charge in [0, 0.05) is 6.07 Å². The third-order valence-corrected chi connectivity index (χ3v) is 9.29. The van der Waals surface area contributed by atoms with Gasteiger partial charge in [-0.1, -0.05) is 18.7 Å². The lowest BCUT2D eigenvalue weighted by molar-refractivity contribution is 0.0694. The summed E-state index contributed by atoms with van der Waals surface area (Å²) in [6.45, 7) is 2.40. The van der Waals surface area contributed by atoms with Gasteiger partial charge in [-0.15, -0.1) is 0 Å². The Kier molecular flexibility index (Phi) is 10.9. The molecule has 0 heterocycles. The largest absolute Gasteiger partial charge is 0.478 e. The first kappa shape index (κ1) is 36.0. The van der Waals surface area contributed by atoms with Crippen molar-refractivity contribution in [3.05, 3.63) is 97.4 Å². The van der Waals surface area contributed by atoms with Crippen LogP contribution in [0.3, 0.4) is 0 Å². The van der Waals surface area contributed by atoms with E-state index >= 15 is 0 Å². The highest BCUT2D eigenvalue weighted by molar-refractivity contribution is 7.91. The minimum Gasteiger partial charge on any atom is -0.478 e. The smallest absolute Gasteiger partial charge is 0.397 e. The summed E-state index contributed by atoms with van der Waals surface area (Å²) in [5.41, 5.74) is 0.768. The summed E-state index contributed by atoms with van der Waals surface area (Å²) in [4.78, 5) is 35.4. The van der Waals surface area contributed by atoms with E-state index in [1.165, 1.54) is 24.3 Å². The Morgan fingerprint density at radius 3 is 2.07 bits per heavy atom. The van der Waals surface area contributed by atoms with Gasteiger partial charge in [0.15, 0.2) is 26.3 Å². The number of nitrogens with one attached hydrogen (secondary N) is 2. The van der Waals surface area contributed by atoms with E-state index < -0.39 is 102 Å². The molecule has 0 amide bonds. The molecule has 0 fully saturated rings. The van der Waals surface area contributed by atoms with Crippen molar-refractivity contribution in [2.45, 2.75) is 9.79 Å². The summed E-state index contributed by atoms with van der Waals surface area (Å²) >= 11 is -2.35. The Hall–Kier alpha value is -4.49. The van der Waals surface area contributed by atoms with Gasteiger partial charge < -0.3 is 9.66 Å². The number of carboxylic acid groups (broad SMARTS) is 1. The maximum Gasteiger partial charge on any atom is 0.397 e. The van der Waals surface area contributed by atoms with Crippen LogP contribution in [0.5, 0.6) is 0 Å². The van der Waals surface area contributed by atoms with E-state index in [0.717, 1.165) is 12.1 Å². The first-order valence-corrected chi connectivity index (χ1v) is 17.4. The molecule has 6 N–H and O–H groups in total. The van der Waals surface area contributed by atoms with Crippen molar-refractivity contribution in [2.75, 3.05) is 23.2 Å². The highest BCUT2D eigenvalue weighted by Gasteiger charge is 2.23. The Morgan fingerprint density at radius 2 is 1.52 bits per heavy atom. The van der Waals surface area contributed by atoms with Gasteiger partial charge in [-0.05, 0) is 35.9 Å². The zero-order valence-electron chi connectivity index (χ0n) is 22.5. The molecule has 0 aromatic heterocycles. The summed E-state index contributed by atoms with van der Waals surface area (Å²) < 4.78 is 113. The molecule has 0 spiro atoms. The zero-order chi connectivity index (χ0) is 34.6. The Morgan fingerprint density at radius 1 is 0.913 bits per heavy atom. The molecule has 246 valence electrons. The number of hydrogen-bond acceptors (Lipinski definition) is 15. The number of sulfone groups is 1. The van der Waals surface area contributed by atoms with E-state index in [1.807, 2.05) is 5.43 Å². The molecule has 0 aliphatic heterocycles. The van der Waals surface area contributed by atoms with Crippen LogP contribution in [0, 0.1) is 0 Å². The highest BCUT2D eigenvalue weighted by atomic mass is 32.3. The molecule has 0 saturated carbocycles. The molecule has 23 heteroatoms. The van der Waals surface area contributed by atoms with Crippen molar-refractivity contribution < 1.29 is 57.2 Å². The van der Waals surface area contributed by atoms with Crippen LogP contribution in [-0.4, -0.2) is 66.6 Å². The number of rotatable bonds is 13. The molecule has 1 unspecified atom stereocenters. The van der Waals surface area contributed by atoms with Gasteiger partial charge in [0.25, 0.3) is 10.1 Å². The van der Waals surface area contributed by atoms with Crippen LogP contribution in [0.1, 0.15) is 15.9 Å². The van der Waals surface area contributed by atoms with Gasteiger partial charge >= 0.3 is 16.4 Å². The highest BCUT2D eigenvalue weighted by Crippen LogP contribution is 2.25. The maximum absolute atomic E-state index is 13.1. The van der Waals surface area contributed by atoms with E-state index in [0.29, 0.717) is 12.1 Å². The molecule has 46 heavy (non-hydrogen) atoms. The molecular formula is C23H20N4O15S4. The standard InChI is InChI=1S/C23H20N4O15S4/c1-12(43(32)33)13-2-4-14(5-3-13)24-26-20-16(23(30)31)11-18(28)21(22(20)29)27-25-17-7-6-15(10-19(17)45(36,37)38)44(34,35)9-8-42-46(39,40)41/h2-7,10-11,24-25H,1,8-9H2,(H,30,31)(H,32,33)(H,36,37,38)(H,39,40,41). The summed E-state index contributed by atoms with van der Waals surface area (Å²) in [7, 11) is -14.7. The molecule has 0 bridgehead atoms. The SMILES string of the molecule is C=C(c1ccc(NN=c2c(C(=O)O)cc(=O)c(=NNc3ccc(S(=O)(=O)CCOS(=O)(=O)O)cc3S(=O)(=O)O)c2=O)cc1)S(=O)O. The monoisotopic (exact) mass is 720 g/mol. The van der Waals surface area contributed by atoms with E-state index in [-0.39, 0.29) is 16.2 Å². The first-order valence-electron chi connectivity index (χ1n) is 11.8. The van der Waals surface area contributed by atoms with E-state index in [1.54, 1.807) is 0 Å². The second-order valence-electron chi connectivity index (χ2n) is 8.65. The predicted octanol–water partition coefficient (Wildman–Crippen LogP) is -1.13. The van der Waals surface area contributed by atoms with Crippen molar-refractivity contribution in [3.63, 3.8) is 0 Å². The Bertz CT molecular complexity index is 2310. The molecular weight excluding hydrogens is 701 g/mol. The fourth-order valence-corrected chi connectivity index (χ4v) is 6.02. The number of carboxylic acids is 1. The summed E-state index contributed by atoms with van der Waals surface area (Å²) in [6, 6.07) is 7.94. The van der Waals surface area contributed by atoms with E-state index in [4.69, 9.17) is 9.11 Å². The van der Waals surface area contributed by atoms with Gasteiger partial charge in [0.05, 0.1) is 39.1 Å². The topological polar surface area (TPSA) is 310 Å². The molecule has 0 saturated heterocycles. The van der Waals surface area contributed by atoms with Gasteiger partial charge in [-0.3, -0.25) is 29.5 Å². The number of carbonyl (C=O) groups is 1. The van der Waals surface area contributed by atoms with Crippen molar-refractivity contribution in [2.24, 2.45) is 10.2 Å². The molecule has 3 aromatic carbocycles. The average molecular weight is 721 g/mol. The number of aromatic carboxylic acids is 1. The average Bonchev–Trinajstić information content (AvgIpc) is 2.94. The van der Waals surface area contributed by atoms with Crippen molar-refractivity contribution in [3.8, 4) is 0 Å². The number of hydrogen-bond donors (Lipinski definition) is 6. The third kappa shape index (κ3) is 9.04. The van der Waals surface area contributed by atoms with Crippen molar-refractivity contribution in [1.82, 2.24) is 0 Å². The second-order valence-corrected chi connectivity index (χ2v) is 14.2. The minimum absolute atomic E-state index is 0.109. The molecule has 19 nitrogen and oxygen atoms in total. The molecule has 3 aromatic rings. The minimum atomic E-state index is -5.22. The lowest BCUT2D eigenvalue weighted by atomic mass is 10.2. The van der Waals surface area contributed by atoms with Gasteiger partial charge in [0.1, 0.15) is 10.3 Å². The zero-order valence-corrected chi connectivity index (χ0v) is 25.8. The number of anilines is 2. The summed E-state index contributed by atoms with van der Waals surface area (Å²) in [5, 5.41) is 14.9. The quantitative estimate of drug-likeness (QED) is 0.0691. The predicted molar refractivity (Wildman–Crippen MR) is 159 cm³/mol. The van der Waals surface area contributed by atoms with Crippen molar-refractivity contribution in [1.29, 1.82) is 0 Å². The van der Waals surface area contributed by atoms with E-state index in [2.05, 4.69) is 26.4 Å². The summed E-state index contributed by atoms with van der Waals surface area (Å²) in [6.07, 6.45) is 0. The summed E-state index contributed by atoms with van der Waals surface area (Å²) in [5.74, 6) is -2.77. The van der Waals surface area contributed by atoms with Crippen LogP contribution < -0.4 is 32.4 Å². The third-order valence-electron chi connectivity index (χ3n) is 5.60. The molecule has 3 rings (SSSR count). The maximum atomic E-state index is 13.1. The van der Waals surface area contributed by atoms with Gasteiger partial charge in [-0.2, -0.15) is 27.0 Å². The van der Waals surface area contributed by atoms with Crippen LogP contribution in [0.15, 0.2) is 84.7 Å². The Balaban J connectivity index is 2.06. The normalized spacial score (nSPS) is 13.7. The van der Waals surface area contributed by atoms with Crippen LogP contribution >= 0.6 is 0 Å². The first-order chi connectivity index (χ1) is 21.2. The van der Waals surface area contributed by atoms with Crippen LogP contribution in [-0.2, 0) is 45.6 Å². The fourth-order valence-electron chi connectivity index (χ4n) is 3.43. The molecule has 0 radical (unpaired) electrons. The van der Waals surface area contributed by atoms with Crippen LogP contribution in [0.4, 0.5) is 11.4 Å². The lowest BCUT2D eigenvalue weighted by Crippen LogP contribution is -2.50. The molecule has 0 aliphatic carbocycles. The van der Waals surface area contributed by atoms with Crippen molar-refractivity contribution >= 4 is 63.7 Å². The Labute approximate surface area is 260 Å². The molecule has 0 aliphatic rings. The van der Waals surface area contributed by atoms with Gasteiger partial charge in [0.2, 0.25) is 10.9 Å². The lowest BCUT2D eigenvalue weighted by Gasteiger charge is -2.10. The second kappa shape index (κ2) is 13.9. The van der Waals surface area contributed by atoms with Crippen LogP contribution in [0.2, 0.25) is 0 Å².